The number of rotatable bonds is 5. The predicted octanol–water partition coefficient (Wildman–Crippen LogP) is 6.02. The number of ketones is 1. The molecule has 1 aliphatic rings. The molecule has 0 saturated carbocycles. The van der Waals surface area contributed by atoms with Crippen molar-refractivity contribution in [3.63, 3.8) is 0 Å². The molecule has 0 aliphatic carbocycles. The number of anilines is 1. The van der Waals surface area contributed by atoms with E-state index in [-0.39, 0.29) is 12.6 Å². The number of carbonyl (C=O) groups is 1. The number of ether oxygens (including phenoxy) is 2. The molecule has 0 atom stereocenters. The number of nitrogens with one attached hydrogen (secondary N) is 1. The van der Waals surface area contributed by atoms with Crippen molar-refractivity contribution in [3.8, 4) is 28.8 Å². The van der Waals surface area contributed by atoms with Crippen molar-refractivity contribution in [1.29, 1.82) is 5.26 Å². The van der Waals surface area contributed by atoms with Crippen LogP contribution < -0.4 is 14.8 Å². The number of Topliss-reactive ketones (excluding diaryl/α,β-unsaturated/α-hetero) is 1. The van der Waals surface area contributed by atoms with Crippen LogP contribution in [0.1, 0.15) is 22.3 Å². The maximum absolute atomic E-state index is 12.0. The number of carbonyl (C=O) groups excluding carboxylic acids is 1. The molecule has 2 heterocycles. The lowest BCUT2D eigenvalue weighted by Crippen LogP contribution is -2.00. The monoisotopic (exact) mass is 457 g/mol. The van der Waals surface area contributed by atoms with E-state index in [0.717, 1.165) is 5.56 Å². The van der Waals surface area contributed by atoms with Gasteiger partial charge in [-0.25, -0.2) is 4.98 Å². The zero-order valence-electron chi connectivity index (χ0n) is 15.5. The summed E-state index contributed by atoms with van der Waals surface area (Å²) in [6.07, 6.45) is 1.52. The number of hydrogen-bond acceptors (Lipinski definition) is 7. The van der Waals surface area contributed by atoms with Gasteiger partial charge in [-0.05, 0) is 25.1 Å². The van der Waals surface area contributed by atoms with Gasteiger partial charge in [0, 0.05) is 28.8 Å². The Morgan fingerprint density at radius 1 is 1.23 bits per heavy atom. The van der Waals surface area contributed by atoms with E-state index in [1.54, 1.807) is 24.3 Å². The number of aromatic nitrogens is 1. The first kappa shape index (κ1) is 20.2. The Bertz CT molecular complexity index is 1230. The highest BCUT2D eigenvalue weighted by Crippen LogP contribution is 2.37. The van der Waals surface area contributed by atoms with Crippen LogP contribution >= 0.6 is 34.5 Å². The molecular formula is C21H13Cl2N3O3S. The largest absolute Gasteiger partial charge is 0.454 e. The van der Waals surface area contributed by atoms with Gasteiger partial charge in [0.2, 0.25) is 6.79 Å². The number of fused-ring (bicyclic) bond motifs is 1. The molecule has 9 heteroatoms. The topological polar surface area (TPSA) is 84.2 Å². The molecule has 1 N–H and O–H groups in total. The van der Waals surface area contributed by atoms with Crippen LogP contribution in [0.4, 0.5) is 5.69 Å². The van der Waals surface area contributed by atoms with Crippen molar-refractivity contribution >= 4 is 51.6 Å². The average molecular weight is 458 g/mol. The van der Waals surface area contributed by atoms with E-state index in [1.165, 1.54) is 24.5 Å². The number of allylic oxidation sites excluding steroid dienone is 1. The van der Waals surface area contributed by atoms with Crippen LogP contribution in [-0.4, -0.2) is 17.6 Å². The molecule has 0 saturated heterocycles. The lowest BCUT2D eigenvalue weighted by Gasteiger charge is -2.09. The van der Waals surface area contributed by atoms with Crippen molar-refractivity contribution in [2.45, 2.75) is 6.92 Å². The third kappa shape index (κ3) is 3.98. The summed E-state index contributed by atoms with van der Waals surface area (Å²) < 4.78 is 10.7. The SMILES string of the molecule is CC(=O)c1cc2c(cc1NC=C(C#N)c1nc(-c3ccc(Cl)c(Cl)c3)cs1)OCO2. The van der Waals surface area contributed by atoms with Crippen molar-refractivity contribution in [2.24, 2.45) is 0 Å². The van der Waals surface area contributed by atoms with Crippen LogP contribution in [0.2, 0.25) is 10.0 Å². The molecule has 1 aromatic heterocycles. The second kappa shape index (κ2) is 8.36. The number of halogens is 2. The molecule has 0 unspecified atom stereocenters. The molecule has 0 spiro atoms. The second-order valence-corrected chi connectivity index (χ2v) is 7.96. The summed E-state index contributed by atoms with van der Waals surface area (Å²) in [4.78, 5) is 16.5. The van der Waals surface area contributed by atoms with E-state index in [0.29, 0.717) is 49.1 Å². The van der Waals surface area contributed by atoms with Crippen LogP contribution in [0.5, 0.6) is 11.5 Å². The first-order valence-electron chi connectivity index (χ1n) is 8.69. The Morgan fingerprint density at radius 2 is 2.00 bits per heavy atom. The van der Waals surface area contributed by atoms with Gasteiger partial charge in [0.1, 0.15) is 16.6 Å². The fraction of sp³-hybridized carbons (Fsp3) is 0.0952. The van der Waals surface area contributed by atoms with Crippen molar-refractivity contribution in [1.82, 2.24) is 4.98 Å². The van der Waals surface area contributed by atoms with E-state index in [1.807, 2.05) is 11.4 Å². The van der Waals surface area contributed by atoms with E-state index in [9.17, 15) is 10.1 Å². The first-order chi connectivity index (χ1) is 14.5. The van der Waals surface area contributed by atoms with Gasteiger partial charge < -0.3 is 14.8 Å². The molecule has 0 fully saturated rings. The standard InChI is InChI=1S/C21H13Cl2N3O3S/c1-11(27)14-5-19-20(29-10-28-19)6-17(14)25-8-13(7-24)21-26-18(9-30-21)12-2-3-15(22)16(23)4-12/h2-6,8-9,25H,10H2,1H3. The van der Waals surface area contributed by atoms with Crippen LogP contribution in [0, 0.1) is 11.3 Å². The normalized spacial score (nSPS) is 12.5. The Kier molecular flexibility index (Phi) is 5.64. The summed E-state index contributed by atoms with van der Waals surface area (Å²) in [5.41, 5.74) is 2.75. The molecule has 3 aromatic rings. The van der Waals surface area contributed by atoms with Crippen LogP contribution in [0.15, 0.2) is 41.9 Å². The fourth-order valence-electron chi connectivity index (χ4n) is 2.83. The minimum Gasteiger partial charge on any atom is -0.454 e. The summed E-state index contributed by atoms with van der Waals surface area (Å²) in [6, 6.07) is 10.7. The van der Waals surface area contributed by atoms with E-state index in [4.69, 9.17) is 32.7 Å². The Labute approximate surface area is 186 Å². The summed E-state index contributed by atoms with van der Waals surface area (Å²) in [6.45, 7) is 1.56. The van der Waals surface area contributed by atoms with Gasteiger partial charge in [-0.15, -0.1) is 11.3 Å². The molecule has 4 rings (SSSR count). The number of nitriles is 1. The highest BCUT2D eigenvalue weighted by molar-refractivity contribution is 7.11. The van der Waals surface area contributed by atoms with Crippen LogP contribution in [-0.2, 0) is 0 Å². The number of benzene rings is 2. The minimum absolute atomic E-state index is 0.103. The lowest BCUT2D eigenvalue weighted by molar-refractivity contribution is 0.101. The summed E-state index contributed by atoms with van der Waals surface area (Å²) in [7, 11) is 0. The highest BCUT2D eigenvalue weighted by Gasteiger charge is 2.19. The van der Waals surface area contributed by atoms with Crippen molar-refractivity contribution in [2.75, 3.05) is 12.1 Å². The molecule has 1 aliphatic heterocycles. The van der Waals surface area contributed by atoms with Gasteiger partial charge >= 0.3 is 0 Å². The summed E-state index contributed by atoms with van der Waals surface area (Å²) in [5.74, 6) is 0.908. The highest BCUT2D eigenvalue weighted by atomic mass is 35.5. The van der Waals surface area contributed by atoms with E-state index in [2.05, 4.69) is 16.4 Å². The molecule has 0 amide bonds. The van der Waals surface area contributed by atoms with Gasteiger partial charge in [0.15, 0.2) is 17.3 Å². The third-order valence-corrected chi connectivity index (χ3v) is 5.95. The zero-order chi connectivity index (χ0) is 21.3. The van der Waals surface area contributed by atoms with Crippen LogP contribution in [0.25, 0.3) is 16.8 Å². The maximum Gasteiger partial charge on any atom is 0.231 e. The fourth-order valence-corrected chi connectivity index (χ4v) is 3.92. The maximum atomic E-state index is 12.0. The van der Waals surface area contributed by atoms with Gasteiger partial charge in [-0.2, -0.15) is 5.26 Å². The molecule has 0 bridgehead atoms. The molecule has 2 aromatic carbocycles. The Balaban J connectivity index is 1.63. The predicted molar refractivity (Wildman–Crippen MR) is 117 cm³/mol. The second-order valence-electron chi connectivity index (χ2n) is 6.29. The average Bonchev–Trinajstić information content (AvgIpc) is 3.39. The van der Waals surface area contributed by atoms with Gasteiger partial charge in [0.05, 0.1) is 21.4 Å². The van der Waals surface area contributed by atoms with Crippen LogP contribution in [0.3, 0.4) is 0 Å². The Hall–Kier alpha value is -3.05. The van der Waals surface area contributed by atoms with E-state index >= 15 is 0 Å². The smallest absolute Gasteiger partial charge is 0.231 e. The number of hydrogen-bond donors (Lipinski definition) is 1. The minimum atomic E-state index is -0.140. The molecular weight excluding hydrogens is 445 g/mol. The van der Waals surface area contributed by atoms with Gasteiger partial charge in [-0.3, -0.25) is 4.79 Å². The summed E-state index contributed by atoms with van der Waals surface area (Å²) >= 11 is 13.4. The number of nitrogens with zero attached hydrogens (tertiary/aromatic N) is 2. The lowest BCUT2D eigenvalue weighted by atomic mass is 10.1. The zero-order valence-corrected chi connectivity index (χ0v) is 17.9. The molecule has 150 valence electrons. The van der Waals surface area contributed by atoms with Gasteiger partial charge in [0.25, 0.3) is 0 Å². The van der Waals surface area contributed by atoms with Gasteiger partial charge in [-0.1, -0.05) is 29.3 Å². The molecule has 6 nitrogen and oxygen atoms in total. The Morgan fingerprint density at radius 3 is 2.70 bits per heavy atom. The third-order valence-electron chi connectivity index (χ3n) is 4.33. The first-order valence-corrected chi connectivity index (χ1v) is 10.3. The molecule has 30 heavy (non-hydrogen) atoms. The summed E-state index contributed by atoms with van der Waals surface area (Å²) in [5, 5.41) is 15.9. The van der Waals surface area contributed by atoms with E-state index < -0.39 is 0 Å². The van der Waals surface area contributed by atoms with Crippen molar-refractivity contribution in [3.05, 3.63) is 62.5 Å². The van der Waals surface area contributed by atoms with Crippen molar-refractivity contribution < 1.29 is 14.3 Å². The molecule has 0 radical (unpaired) electrons. The number of thiazole rings is 1. The quantitative estimate of drug-likeness (QED) is 0.372.